The number of hydrogen-bond acceptors (Lipinski definition) is 3. The van der Waals surface area contributed by atoms with Crippen LogP contribution in [0.5, 0.6) is 0 Å². The molecule has 0 spiro atoms. The highest BCUT2D eigenvalue weighted by Gasteiger charge is 2.26. The van der Waals surface area contributed by atoms with Crippen molar-refractivity contribution in [1.29, 1.82) is 0 Å². The van der Waals surface area contributed by atoms with E-state index in [0.29, 0.717) is 10.4 Å². The molecule has 1 fully saturated rings. The van der Waals surface area contributed by atoms with Crippen molar-refractivity contribution < 1.29 is 13.2 Å². The Balaban J connectivity index is 1.74. The summed E-state index contributed by atoms with van der Waals surface area (Å²) in [7, 11) is -3.74. The number of benzene rings is 2. The van der Waals surface area contributed by atoms with E-state index in [1.807, 2.05) is 23.1 Å². The second kappa shape index (κ2) is 7.84. The third-order valence-corrected chi connectivity index (χ3v) is 7.64. The lowest BCUT2D eigenvalue weighted by molar-refractivity contribution is -0.135. The van der Waals surface area contributed by atoms with E-state index in [-0.39, 0.29) is 28.3 Å². The molecule has 0 aliphatic carbocycles. The fraction of sp³-hybridized carbons (Fsp3) is 0.318. The van der Waals surface area contributed by atoms with Crippen molar-refractivity contribution in [3.8, 4) is 0 Å². The number of halogens is 1. The average molecular weight is 431 g/mol. The van der Waals surface area contributed by atoms with Gasteiger partial charge in [0.05, 0.1) is 9.79 Å². The highest BCUT2D eigenvalue weighted by atomic mass is 35.5. The van der Waals surface area contributed by atoms with Crippen LogP contribution in [0.3, 0.4) is 0 Å². The minimum atomic E-state index is -3.74. The number of sulfone groups is 1. The van der Waals surface area contributed by atoms with E-state index in [1.165, 1.54) is 12.1 Å². The topological polar surface area (TPSA) is 59.4 Å². The first-order valence-corrected chi connectivity index (χ1v) is 11.6. The minimum Gasteiger partial charge on any atom is -0.338 e. The third-order valence-electron chi connectivity index (χ3n) is 5.59. The summed E-state index contributed by atoms with van der Waals surface area (Å²) in [5.74, 6) is 0.0217. The Morgan fingerprint density at radius 3 is 2.55 bits per heavy atom. The van der Waals surface area contributed by atoms with Gasteiger partial charge in [-0.3, -0.25) is 4.79 Å². The van der Waals surface area contributed by atoms with E-state index in [9.17, 15) is 13.2 Å². The molecule has 1 amide bonds. The number of para-hydroxylation sites is 1. The van der Waals surface area contributed by atoms with E-state index in [0.717, 1.165) is 31.3 Å². The van der Waals surface area contributed by atoms with Gasteiger partial charge in [0.25, 0.3) is 0 Å². The van der Waals surface area contributed by atoms with Gasteiger partial charge in [-0.05, 0) is 56.5 Å². The van der Waals surface area contributed by atoms with Crippen LogP contribution in [0.15, 0.2) is 64.5 Å². The van der Waals surface area contributed by atoms with E-state index < -0.39 is 9.84 Å². The summed E-state index contributed by atoms with van der Waals surface area (Å²) in [6, 6.07) is 13.6. The SMILES string of the molecule is CC1CCCCN1C(=O)Cn1cc(S(=O)(=O)c2ccc(Cl)cc2)c2ccccc21. The molecule has 1 unspecified atom stereocenters. The largest absolute Gasteiger partial charge is 0.338 e. The van der Waals surface area contributed by atoms with Gasteiger partial charge in [-0.25, -0.2) is 8.42 Å². The van der Waals surface area contributed by atoms with Crippen molar-refractivity contribution in [1.82, 2.24) is 9.47 Å². The van der Waals surface area contributed by atoms with Crippen LogP contribution >= 0.6 is 11.6 Å². The van der Waals surface area contributed by atoms with Gasteiger partial charge in [-0.15, -0.1) is 0 Å². The monoisotopic (exact) mass is 430 g/mol. The van der Waals surface area contributed by atoms with Gasteiger partial charge in [0.15, 0.2) is 0 Å². The average Bonchev–Trinajstić information content (AvgIpc) is 3.08. The minimum absolute atomic E-state index is 0.0217. The zero-order valence-electron chi connectivity index (χ0n) is 16.2. The van der Waals surface area contributed by atoms with E-state index in [1.54, 1.807) is 29.0 Å². The van der Waals surface area contributed by atoms with Crippen LogP contribution < -0.4 is 0 Å². The lowest BCUT2D eigenvalue weighted by Crippen LogP contribution is -2.43. The summed E-state index contributed by atoms with van der Waals surface area (Å²) in [5.41, 5.74) is 0.734. The maximum Gasteiger partial charge on any atom is 0.242 e. The molecule has 1 aliphatic rings. The summed E-state index contributed by atoms with van der Waals surface area (Å²) in [6.07, 6.45) is 4.75. The number of piperidine rings is 1. The van der Waals surface area contributed by atoms with E-state index >= 15 is 0 Å². The molecule has 7 heteroatoms. The summed E-state index contributed by atoms with van der Waals surface area (Å²) in [6.45, 7) is 2.96. The van der Waals surface area contributed by atoms with Crippen molar-refractivity contribution >= 4 is 38.2 Å². The van der Waals surface area contributed by atoms with Gasteiger partial charge in [-0.2, -0.15) is 0 Å². The molecule has 1 aromatic heterocycles. The zero-order valence-corrected chi connectivity index (χ0v) is 17.8. The number of hydrogen-bond donors (Lipinski definition) is 0. The summed E-state index contributed by atoms with van der Waals surface area (Å²) >= 11 is 5.91. The maximum absolute atomic E-state index is 13.3. The molecule has 1 saturated heterocycles. The summed E-state index contributed by atoms with van der Waals surface area (Å²) < 4.78 is 28.3. The van der Waals surface area contributed by atoms with Gasteiger partial charge in [0, 0.05) is 34.7 Å². The molecule has 4 rings (SSSR count). The van der Waals surface area contributed by atoms with Crippen LogP contribution in [0.1, 0.15) is 26.2 Å². The highest BCUT2D eigenvalue weighted by molar-refractivity contribution is 7.91. The molecular weight excluding hydrogens is 408 g/mol. The van der Waals surface area contributed by atoms with E-state index in [2.05, 4.69) is 6.92 Å². The van der Waals surface area contributed by atoms with Crippen molar-refractivity contribution in [3.63, 3.8) is 0 Å². The van der Waals surface area contributed by atoms with Crippen LogP contribution in [-0.4, -0.2) is 36.4 Å². The Hall–Kier alpha value is -2.31. The third kappa shape index (κ3) is 3.79. The first-order chi connectivity index (χ1) is 13.9. The molecule has 0 N–H and O–H groups in total. The summed E-state index contributed by atoms with van der Waals surface area (Å²) in [5, 5.41) is 1.09. The smallest absolute Gasteiger partial charge is 0.242 e. The van der Waals surface area contributed by atoms with Crippen molar-refractivity contribution in [2.45, 2.75) is 48.6 Å². The van der Waals surface area contributed by atoms with Crippen LogP contribution in [0.25, 0.3) is 10.9 Å². The molecule has 0 saturated carbocycles. The van der Waals surface area contributed by atoms with Crippen LogP contribution in [0.2, 0.25) is 5.02 Å². The van der Waals surface area contributed by atoms with Crippen molar-refractivity contribution in [2.24, 2.45) is 0 Å². The molecule has 5 nitrogen and oxygen atoms in total. The lowest BCUT2D eigenvalue weighted by Gasteiger charge is -2.33. The number of rotatable bonds is 4. The van der Waals surface area contributed by atoms with Gasteiger partial charge >= 0.3 is 0 Å². The van der Waals surface area contributed by atoms with Gasteiger partial charge in [-0.1, -0.05) is 29.8 Å². The second-order valence-corrected chi connectivity index (χ2v) is 9.88. The van der Waals surface area contributed by atoms with Crippen LogP contribution in [-0.2, 0) is 21.2 Å². The first kappa shape index (κ1) is 20.0. The van der Waals surface area contributed by atoms with Crippen LogP contribution in [0, 0.1) is 0 Å². The molecule has 29 heavy (non-hydrogen) atoms. The molecule has 152 valence electrons. The number of carbonyl (C=O) groups excluding carboxylic acids is 1. The number of carbonyl (C=O) groups is 1. The molecular formula is C22H23ClN2O3S. The molecule has 1 atom stereocenters. The normalized spacial score (nSPS) is 17.6. The van der Waals surface area contributed by atoms with Crippen molar-refractivity contribution in [3.05, 3.63) is 59.8 Å². The number of aromatic nitrogens is 1. The van der Waals surface area contributed by atoms with Crippen molar-refractivity contribution in [2.75, 3.05) is 6.54 Å². The van der Waals surface area contributed by atoms with Gasteiger partial charge in [0.1, 0.15) is 6.54 Å². The van der Waals surface area contributed by atoms with Crippen LogP contribution in [0.4, 0.5) is 0 Å². The lowest BCUT2D eigenvalue weighted by atomic mass is 10.0. The Kier molecular flexibility index (Phi) is 5.40. The van der Waals surface area contributed by atoms with Gasteiger partial charge in [0.2, 0.25) is 15.7 Å². The zero-order chi connectivity index (χ0) is 20.6. The Morgan fingerprint density at radius 1 is 1.10 bits per heavy atom. The fourth-order valence-corrected chi connectivity index (χ4v) is 5.61. The summed E-state index contributed by atoms with van der Waals surface area (Å²) in [4.78, 5) is 15.2. The molecule has 0 radical (unpaired) electrons. The number of nitrogens with zero attached hydrogens (tertiary/aromatic N) is 2. The number of likely N-dealkylation sites (tertiary alicyclic amines) is 1. The molecule has 0 bridgehead atoms. The second-order valence-electron chi connectivity index (χ2n) is 7.53. The Morgan fingerprint density at radius 2 is 1.83 bits per heavy atom. The highest BCUT2D eigenvalue weighted by Crippen LogP contribution is 2.31. The molecule has 1 aliphatic heterocycles. The number of fused-ring (bicyclic) bond motifs is 1. The molecule has 2 aromatic carbocycles. The Labute approximate surface area is 175 Å². The predicted molar refractivity (Wildman–Crippen MR) is 114 cm³/mol. The van der Waals surface area contributed by atoms with E-state index in [4.69, 9.17) is 11.6 Å². The molecule has 2 heterocycles. The maximum atomic E-state index is 13.3. The molecule has 3 aromatic rings. The first-order valence-electron chi connectivity index (χ1n) is 9.76. The Bertz CT molecular complexity index is 1150. The number of amides is 1. The quantitative estimate of drug-likeness (QED) is 0.611. The van der Waals surface area contributed by atoms with Gasteiger partial charge < -0.3 is 9.47 Å². The predicted octanol–water partition coefficient (Wildman–Crippen LogP) is 4.53. The standard InChI is InChI=1S/C22H23ClN2O3S/c1-16-6-4-5-13-25(16)22(26)15-24-14-21(19-7-2-3-8-20(19)24)29(27,28)18-11-9-17(23)10-12-18/h2-3,7-12,14,16H,4-6,13,15H2,1H3. The fourth-order valence-electron chi connectivity index (χ4n) is 4.00.